The number of para-hydroxylation sites is 1. The Balaban J connectivity index is 2.84. The molecule has 1 rings (SSSR count). The second kappa shape index (κ2) is 5.76. The lowest BCUT2D eigenvalue weighted by Gasteiger charge is -2.28. The molecule has 0 heterocycles. The largest absolute Gasteiger partial charge is 0.392 e. The minimum absolute atomic E-state index is 0.110. The van der Waals surface area contributed by atoms with Gasteiger partial charge in [-0.05, 0) is 19.4 Å². The first-order valence-electron chi connectivity index (χ1n) is 5.62. The summed E-state index contributed by atoms with van der Waals surface area (Å²) >= 11 is 0. The molecule has 15 heavy (non-hydrogen) atoms. The molecule has 0 radical (unpaired) electrons. The lowest BCUT2D eigenvalue weighted by atomic mass is 10.1. The van der Waals surface area contributed by atoms with Gasteiger partial charge in [0.2, 0.25) is 0 Å². The number of hydrogen-bond acceptors (Lipinski definition) is 2. The Morgan fingerprint density at radius 1 is 1.33 bits per heavy atom. The summed E-state index contributed by atoms with van der Waals surface area (Å²) in [6.45, 7) is 4.53. The lowest BCUT2D eigenvalue weighted by Crippen LogP contribution is -2.29. The van der Waals surface area contributed by atoms with Crippen molar-refractivity contribution in [3.63, 3.8) is 0 Å². The predicted octanol–water partition coefficient (Wildman–Crippen LogP) is 2.80. The van der Waals surface area contributed by atoms with Gasteiger partial charge in [-0.1, -0.05) is 31.5 Å². The average molecular weight is 207 g/mol. The summed E-state index contributed by atoms with van der Waals surface area (Å²) in [7, 11) is 2.09. The maximum Gasteiger partial charge on any atom is 0.0702 e. The Bertz CT molecular complexity index is 298. The van der Waals surface area contributed by atoms with Crippen molar-refractivity contribution in [2.24, 2.45) is 0 Å². The van der Waals surface area contributed by atoms with E-state index in [4.69, 9.17) is 0 Å². The molecule has 0 aromatic heterocycles. The van der Waals surface area contributed by atoms with Crippen molar-refractivity contribution in [3.05, 3.63) is 29.8 Å². The maximum atomic E-state index is 9.25. The first-order valence-corrected chi connectivity index (χ1v) is 5.62. The Morgan fingerprint density at radius 3 is 2.60 bits per heavy atom. The topological polar surface area (TPSA) is 23.5 Å². The smallest absolute Gasteiger partial charge is 0.0702 e. The molecule has 0 amide bonds. The zero-order valence-electron chi connectivity index (χ0n) is 9.90. The molecule has 84 valence electrons. The number of aliphatic hydroxyl groups excluding tert-OH is 1. The Labute approximate surface area is 92.5 Å². The molecule has 0 saturated heterocycles. The molecular formula is C13H21NO. The summed E-state index contributed by atoms with van der Waals surface area (Å²) in [5.41, 5.74) is 2.14. The quantitative estimate of drug-likeness (QED) is 0.802. The van der Waals surface area contributed by atoms with Gasteiger partial charge in [0, 0.05) is 24.3 Å². The van der Waals surface area contributed by atoms with E-state index in [9.17, 15) is 5.11 Å². The van der Waals surface area contributed by atoms with Gasteiger partial charge in [-0.3, -0.25) is 0 Å². The van der Waals surface area contributed by atoms with E-state index in [2.05, 4.69) is 31.9 Å². The number of anilines is 1. The van der Waals surface area contributed by atoms with E-state index in [-0.39, 0.29) is 6.61 Å². The van der Waals surface area contributed by atoms with Crippen LogP contribution < -0.4 is 4.90 Å². The summed E-state index contributed by atoms with van der Waals surface area (Å²) in [6.07, 6.45) is 2.36. The molecular weight excluding hydrogens is 186 g/mol. The average Bonchev–Trinajstić information content (AvgIpc) is 2.28. The maximum absolute atomic E-state index is 9.25. The number of benzene rings is 1. The van der Waals surface area contributed by atoms with Crippen LogP contribution in [0.3, 0.4) is 0 Å². The minimum Gasteiger partial charge on any atom is -0.392 e. The van der Waals surface area contributed by atoms with Gasteiger partial charge >= 0.3 is 0 Å². The molecule has 0 aliphatic rings. The molecule has 0 spiro atoms. The predicted molar refractivity (Wildman–Crippen MR) is 65.1 cm³/mol. The van der Waals surface area contributed by atoms with E-state index < -0.39 is 0 Å². The van der Waals surface area contributed by atoms with Gasteiger partial charge in [0.25, 0.3) is 0 Å². The van der Waals surface area contributed by atoms with Crippen LogP contribution in [0.1, 0.15) is 32.3 Å². The van der Waals surface area contributed by atoms with Crippen LogP contribution in [0.4, 0.5) is 5.69 Å². The standard InChI is InChI=1S/C13H21NO/c1-4-7-11(2)14(3)13-9-6-5-8-12(13)10-15/h5-6,8-9,11,15H,4,7,10H2,1-3H3. The SMILES string of the molecule is CCCC(C)N(C)c1ccccc1CO. The summed E-state index contributed by atoms with van der Waals surface area (Å²) in [6, 6.07) is 8.54. The van der Waals surface area contributed by atoms with Crippen LogP contribution in [0.15, 0.2) is 24.3 Å². The van der Waals surface area contributed by atoms with E-state index >= 15 is 0 Å². The molecule has 1 aromatic carbocycles. The fourth-order valence-corrected chi connectivity index (χ4v) is 1.84. The molecule has 1 aromatic rings. The second-order valence-corrected chi connectivity index (χ2v) is 4.04. The van der Waals surface area contributed by atoms with Gasteiger partial charge in [0.05, 0.1) is 6.61 Å². The highest BCUT2D eigenvalue weighted by Crippen LogP contribution is 2.22. The highest BCUT2D eigenvalue weighted by molar-refractivity contribution is 5.53. The van der Waals surface area contributed by atoms with Crippen LogP contribution in [-0.2, 0) is 6.61 Å². The molecule has 0 aliphatic carbocycles. The van der Waals surface area contributed by atoms with Gasteiger partial charge in [-0.2, -0.15) is 0 Å². The summed E-state index contributed by atoms with van der Waals surface area (Å²) in [4.78, 5) is 2.25. The van der Waals surface area contributed by atoms with Crippen molar-refractivity contribution in [1.29, 1.82) is 0 Å². The van der Waals surface area contributed by atoms with Gasteiger partial charge in [-0.25, -0.2) is 0 Å². The van der Waals surface area contributed by atoms with Crippen molar-refractivity contribution in [2.45, 2.75) is 39.3 Å². The van der Waals surface area contributed by atoms with E-state index in [0.29, 0.717) is 6.04 Å². The van der Waals surface area contributed by atoms with Crippen LogP contribution >= 0.6 is 0 Å². The summed E-state index contributed by atoms with van der Waals surface area (Å²) in [5.74, 6) is 0. The molecule has 2 nitrogen and oxygen atoms in total. The first-order chi connectivity index (χ1) is 7.20. The van der Waals surface area contributed by atoms with Crippen molar-refractivity contribution in [2.75, 3.05) is 11.9 Å². The van der Waals surface area contributed by atoms with Crippen molar-refractivity contribution >= 4 is 5.69 Å². The first kappa shape index (κ1) is 12.1. The van der Waals surface area contributed by atoms with Crippen LogP contribution in [0.2, 0.25) is 0 Å². The third-order valence-electron chi connectivity index (χ3n) is 2.91. The monoisotopic (exact) mass is 207 g/mol. The van der Waals surface area contributed by atoms with E-state index in [1.165, 1.54) is 12.8 Å². The van der Waals surface area contributed by atoms with Crippen molar-refractivity contribution < 1.29 is 5.11 Å². The molecule has 0 saturated carbocycles. The fourth-order valence-electron chi connectivity index (χ4n) is 1.84. The van der Waals surface area contributed by atoms with E-state index in [1.54, 1.807) is 0 Å². The molecule has 1 N–H and O–H groups in total. The zero-order chi connectivity index (χ0) is 11.3. The Morgan fingerprint density at radius 2 is 2.00 bits per heavy atom. The van der Waals surface area contributed by atoms with Gasteiger partial charge < -0.3 is 10.0 Å². The lowest BCUT2D eigenvalue weighted by molar-refractivity contribution is 0.282. The third kappa shape index (κ3) is 2.96. The Kier molecular flexibility index (Phi) is 4.63. The third-order valence-corrected chi connectivity index (χ3v) is 2.91. The Hall–Kier alpha value is -1.02. The van der Waals surface area contributed by atoms with Crippen LogP contribution in [0, 0.1) is 0 Å². The van der Waals surface area contributed by atoms with Crippen LogP contribution in [-0.4, -0.2) is 18.2 Å². The summed E-state index contributed by atoms with van der Waals surface area (Å²) < 4.78 is 0. The highest BCUT2D eigenvalue weighted by atomic mass is 16.3. The van der Waals surface area contributed by atoms with E-state index in [0.717, 1.165) is 11.3 Å². The second-order valence-electron chi connectivity index (χ2n) is 4.04. The highest BCUT2D eigenvalue weighted by Gasteiger charge is 2.11. The normalized spacial score (nSPS) is 12.5. The van der Waals surface area contributed by atoms with Crippen LogP contribution in [0.25, 0.3) is 0 Å². The molecule has 0 bridgehead atoms. The van der Waals surface area contributed by atoms with Gasteiger partial charge in [-0.15, -0.1) is 0 Å². The fraction of sp³-hybridized carbons (Fsp3) is 0.538. The number of rotatable bonds is 5. The van der Waals surface area contributed by atoms with Gasteiger partial charge in [0.1, 0.15) is 0 Å². The molecule has 1 unspecified atom stereocenters. The molecule has 0 fully saturated rings. The molecule has 2 heteroatoms. The number of nitrogens with zero attached hydrogens (tertiary/aromatic N) is 1. The van der Waals surface area contributed by atoms with Crippen molar-refractivity contribution in [3.8, 4) is 0 Å². The van der Waals surface area contributed by atoms with Crippen molar-refractivity contribution in [1.82, 2.24) is 0 Å². The van der Waals surface area contributed by atoms with Crippen LogP contribution in [0.5, 0.6) is 0 Å². The number of aliphatic hydroxyl groups is 1. The van der Waals surface area contributed by atoms with Gasteiger partial charge in [0.15, 0.2) is 0 Å². The minimum atomic E-state index is 0.110. The molecule has 0 aliphatic heterocycles. The van der Waals surface area contributed by atoms with E-state index in [1.807, 2.05) is 18.2 Å². The molecule has 1 atom stereocenters. The zero-order valence-corrected chi connectivity index (χ0v) is 9.90. The summed E-state index contributed by atoms with van der Waals surface area (Å²) in [5, 5.41) is 9.25. The number of hydrogen-bond donors (Lipinski definition) is 1.